The highest BCUT2D eigenvalue weighted by molar-refractivity contribution is 4.89. The van der Waals surface area contributed by atoms with Gasteiger partial charge in [0.05, 0.1) is 0 Å². The summed E-state index contributed by atoms with van der Waals surface area (Å²) in [5.41, 5.74) is 0.997. The van der Waals surface area contributed by atoms with Crippen molar-refractivity contribution < 1.29 is 0 Å². The summed E-state index contributed by atoms with van der Waals surface area (Å²) in [7, 11) is 0. The Labute approximate surface area is 104 Å². The zero-order valence-corrected chi connectivity index (χ0v) is 13.0. The van der Waals surface area contributed by atoms with Crippen molar-refractivity contribution in [3.63, 3.8) is 0 Å². The third kappa shape index (κ3) is 4.47. The molecular weight excluding hydrogens is 192 g/mol. The van der Waals surface area contributed by atoms with Crippen molar-refractivity contribution in [3.05, 3.63) is 0 Å². The van der Waals surface area contributed by atoms with E-state index >= 15 is 0 Å². The summed E-state index contributed by atoms with van der Waals surface area (Å²) in [5.74, 6) is 1.85. The van der Waals surface area contributed by atoms with Crippen molar-refractivity contribution in [2.45, 2.75) is 81.1 Å². The Bertz CT molecular complexity index is 155. The first-order valence-electron chi connectivity index (χ1n) is 7.23. The Morgan fingerprint density at radius 3 is 1.06 bits per heavy atom. The molecule has 0 spiro atoms. The molecule has 0 nitrogen and oxygen atoms in total. The van der Waals surface area contributed by atoms with Crippen molar-refractivity contribution in [1.29, 1.82) is 0 Å². The van der Waals surface area contributed by atoms with Crippen LogP contribution in [0.3, 0.4) is 0 Å². The molecule has 0 aromatic carbocycles. The summed E-state index contributed by atoms with van der Waals surface area (Å²) >= 11 is 0. The molecule has 0 unspecified atom stereocenters. The molecular formula is C16H34. The molecule has 2 atom stereocenters. The van der Waals surface area contributed by atoms with Crippen LogP contribution in [0.15, 0.2) is 0 Å². The molecule has 0 amide bonds. The minimum Gasteiger partial charge on any atom is -0.0683 e. The molecule has 98 valence electrons. The fraction of sp³-hybridized carbons (Fsp3) is 1.00. The number of rotatable bonds is 0. The topological polar surface area (TPSA) is 0 Å². The first-order chi connectivity index (χ1) is 7.23. The molecule has 0 aromatic rings. The lowest BCUT2D eigenvalue weighted by atomic mass is 9.59. The van der Waals surface area contributed by atoms with E-state index in [-0.39, 0.29) is 0 Å². The first kappa shape index (κ1) is 16.0. The van der Waals surface area contributed by atoms with Crippen molar-refractivity contribution >= 4 is 0 Å². The highest BCUT2D eigenvalue weighted by Gasteiger charge is 2.39. The van der Waals surface area contributed by atoms with E-state index in [0.717, 1.165) is 11.8 Å². The molecule has 0 bridgehead atoms. The average molecular weight is 226 g/mol. The standard InChI is InChI=1S/C14H28.C2H6/c1-13(2,3)11-9-7-8-10-12(11)14(4,5)6;1-2/h11-12H,7-10H2,1-6H3;1-2H3/t11-,12-;/m0./s1. The van der Waals surface area contributed by atoms with Crippen LogP contribution < -0.4 is 0 Å². The first-order valence-corrected chi connectivity index (χ1v) is 7.23. The average Bonchev–Trinajstić information content (AvgIpc) is 2.18. The Kier molecular flexibility index (Phi) is 6.07. The third-order valence-electron chi connectivity index (χ3n) is 3.99. The lowest BCUT2D eigenvalue weighted by Crippen LogP contribution is -2.38. The molecule has 0 aromatic heterocycles. The lowest BCUT2D eigenvalue weighted by molar-refractivity contribution is 0.0335. The second-order valence-corrected chi connectivity index (χ2v) is 7.23. The normalized spacial score (nSPS) is 27.0. The molecule has 0 heteroatoms. The summed E-state index contributed by atoms with van der Waals surface area (Å²) < 4.78 is 0. The van der Waals surface area contributed by atoms with Crippen molar-refractivity contribution in [1.82, 2.24) is 0 Å². The predicted octanol–water partition coefficient (Wildman–Crippen LogP) is 5.91. The maximum absolute atomic E-state index is 2.42. The highest BCUT2D eigenvalue weighted by Crippen LogP contribution is 2.48. The van der Waals surface area contributed by atoms with Gasteiger partial charge in [-0.25, -0.2) is 0 Å². The molecule has 1 rings (SSSR count). The Morgan fingerprint density at radius 1 is 0.625 bits per heavy atom. The predicted molar refractivity (Wildman–Crippen MR) is 75.7 cm³/mol. The smallest absolute Gasteiger partial charge is 0.0332 e. The Morgan fingerprint density at radius 2 is 0.875 bits per heavy atom. The molecule has 1 saturated carbocycles. The van der Waals surface area contributed by atoms with Crippen LogP contribution in [-0.4, -0.2) is 0 Å². The molecule has 0 saturated heterocycles. The molecule has 0 heterocycles. The van der Waals surface area contributed by atoms with Crippen molar-refractivity contribution in [2.24, 2.45) is 22.7 Å². The van der Waals surface area contributed by atoms with Gasteiger partial charge in [0.25, 0.3) is 0 Å². The van der Waals surface area contributed by atoms with Crippen LogP contribution >= 0.6 is 0 Å². The van der Waals surface area contributed by atoms with Gasteiger partial charge in [-0.2, -0.15) is 0 Å². The lowest BCUT2D eigenvalue weighted by Gasteiger charge is -2.46. The van der Waals surface area contributed by atoms with E-state index in [2.05, 4.69) is 41.5 Å². The minimum absolute atomic E-state index is 0.498. The summed E-state index contributed by atoms with van der Waals surface area (Å²) in [6.07, 6.45) is 5.81. The van der Waals surface area contributed by atoms with Gasteiger partial charge in [-0.05, 0) is 35.5 Å². The van der Waals surface area contributed by atoms with Gasteiger partial charge >= 0.3 is 0 Å². The SMILES string of the molecule is CC.CC(C)(C)[C@H]1CCCC[C@@H]1C(C)(C)C. The van der Waals surface area contributed by atoms with Crippen LogP contribution in [0, 0.1) is 22.7 Å². The second kappa shape index (κ2) is 6.07. The monoisotopic (exact) mass is 226 g/mol. The van der Waals surface area contributed by atoms with Crippen LogP contribution in [0.1, 0.15) is 81.1 Å². The van der Waals surface area contributed by atoms with Gasteiger partial charge in [0, 0.05) is 0 Å². The van der Waals surface area contributed by atoms with Gasteiger partial charge in [0.1, 0.15) is 0 Å². The van der Waals surface area contributed by atoms with E-state index in [1.165, 1.54) is 25.7 Å². The molecule has 16 heavy (non-hydrogen) atoms. The van der Waals surface area contributed by atoms with E-state index in [1.54, 1.807) is 0 Å². The van der Waals surface area contributed by atoms with Gasteiger partial charge in [-0.3, -0.25) is 0 Å². The van der Waals surface area contributed by atoms with Gasteiger partial charge in [0.2, 0.25) is 0 Å². The largest absolute Gasteiger partial charge is 0.0683 e. The summed E-state index contributed by atoms with van der Waals surface area (Å²) in [5, 5.41) is 0. The molecule has 0 radical (unpaired) electrons. The van der Waals surface area contributed by atoms with Crippen LogP contribution in [0.4, 0.5) is 0 Å². The van der Waals surface area contributed by atoms with Gasteiger partial charge in [-0.15, -0.1) is 0 Å². The fourth-order valence-corrected chi connectivity index (χ4v) is 3.20. The van der Waals surface area contributed by atoms with Gasteiger partial charge in [-0.1, -0.05) is 68.2 Å². The summed E-state index contributed by atoms with van der Waals surface area (Å²) in [6.45, 7) is 18.5. The quantitative estimate of drug-likeness (QED) is 0.481. The van der Waals surface area contributed by atoms with E-state index in [1.807, 2.05) is 13.8 Å². The van der Waals surface area contributed by atoms with Crippen LogP contribution in [-0.2, 0) is 0 Å². The molecule has 0 aliphatic heterocycles. The number of hydrogen-bond acceptors (Lipinski definition) is 0. The van der Waals surface area contributed by atoms with Crippen LogP contribution in [0.25, 0.3) is 0 Å². The zero-order chi connectivity index (χ0) is 13.0. The second-order valence-electron chi connectivity index (χ2n) is 7.23. The van der Waals surface area contributed by atoms with E-state index in [4.69, 9.17) is 0 Å². The summed E-state index contributed by atoms with van der Waals surface area (Å²) in [4.78, 5) is 0. The van der Waals surface area contributed by atoms with Crippen LogP contribution in [0.5, 0.6) is 0 Å². The maximum atomic E-state index is 2.42. The third-order valence-corrected chi connectivity index (χ3v) is 3.99. The van der Waals surface area contributed by atoms with E-state index in [0.29, 0.717) is 10.8 Å². The maximum Gasteiger partial charge on any atom is -0.0332 e. The van der Waals surface area contributed by atoms with E-state index < -0.39 is 0 Å². The van der Waals surface area contributed by atoms with Crippen molar-refractivity contribution in [3.8, 4) is 0 Å². The summed E-state index contributed by atoms with van der Waals surface area (Å²) in [6, 6.07) is 0. The highest BCUT2D eigenvalue weighted by atomic mass is 14.4. The Hall–Kier alpha value is 0. The minimum atomic E-state index is 0.498. The molecule has 0 N–H and O–H groups in total. The molecule has 1 fully saturated rings. The zero-order valence-electron chi connectivity index (χ0n) is 13.0. The van der Waals surface area contributed by atoms with E-state index in [9.17, 15) is 0 Å². The molecule has 1 aliphatic rings. The fourth-order valence-electron chi connectivity index (χ4n) is 3.20. The van der Waals surface area contributed by atoms with Gasteiger partial charge in [0.15, 0.2) is 0 Å². The van der Waals surface area contributed by atoms with Gasteiger partial charge < -0.3 is 0 Å². The van der Waals surface area contributed by atoms with Crippen molar-refractivity contribution in [2.75, 3.05) is 0 Å². The number of hydrogen-bond donors (Lipinski definition) is 0. The van der Waals surface area contributed by atoms with Crippen LogP contribution in [0.2, 0.25) is 0 Å². The molecule has 1 aliphatic carbocycles. The Balaban J connectivity index is 0.00000106.